The van der Waals surface area contributed by atoms with Crippen molar-refractivity contribution in [1.82, 2.24) is 10.2 Å². The molecule has 3 nitrogen and oxygen atoms in total. The smallest absolute Gasteiger partial charge is 0.158 e. The van der Waals surface area contributed by atoms with Crippen molar-refractivity contribution in [1.29, 1.82) is 0 Å². The van der Waals surface area contributed by atoms with Gasteiger partial charge in [0.05, 0.1) is 5.69 Å². The summed E-state index contributed by atoms with van der Waals surface area (Å²) in [4.78, 5) is 2.05. The predicted molar refractivity (Wildman–Crippen MR) is 72.9 cm³/mol. The third kappa shape index (κ3) is 2.50. The highest BCUT2D eigenvalue weighted by molar-refractivity contribution is 6.20. The van der Waals surface area contributed by atoms with Gasteiger partial charge in [-0.15, -0.1) is 16.7 Å². The zero-order chi connectivity index (χ0) is 12.4. The van der Waals surface area contributed by atoms with Gasteiger partial charge < -0.3 is 4.90 Å². The molecule has 1 atom stereocenters. The third-order valence-electron chi connectivity index (χ3n) is 2.74. The number of hydrogen-bond acceptors (Lipinski definition) is 3. The van der Waals surface area contributed by atoms with E-state index in [-0.39, 0.29) is 5.38 Å². The zero-order valence-corrected chi connectivity index (χ0v) is 11.1. The number of benzene rings is 1. The van der Waals surface area contributed by atoms with Crippen LogP contribution in [0.25, 0.3) is 10.8 Å². The molecule has 1 unspecified atom stereocenters. The maximum absolute atomic E-state index is 6.02. The monoisotopic (exact) mass is 249 g/mol. The number of hydrogen-bond donors (Lipinski definition) is 0. The summed E-state index contributed by atoms with van der Waals surface area (Å²) in [5.74, 6) is 0.888. The van der Waals surface area contributed by atoms with E-state index in [1.54, 1.807) is 0 Å². The molecule has 0 amide bonds. The number of fused-ring (bicyclic) bond motifs is 1. The predicted octanol–water partition coefficient (Wildman–Crippen LogP) is 3.00. The zero-order valence-electron chi connectivity index (χ0n) is 10.3. The molecule has 90 valence electrons. The Labute approximate surface area is 106 Å². The first kappa shape index (κ1) is 12.1. The van der Waals surface area contributed by atoms with Crippen LogP contribution in [-0.4, -0.2) is 29.2 Å². The van der Waals surface area contributed by atoms with E-state index in [1.165, 1.54) is 0 Å². The van der Waals surface area contributed by atoms with Crippen LogP contribution in [-0.2, 0) is 0 Å². The molecule has 4 heteroatoms. The molecule has 2 aromatic rings. The van der Waals surface area contributed by atoms with E-state index in [0.717, 1.165) is 28.8 Å². The highest BCUT2D eigenvalue weighted by Gasteiger charge is 2.11. The summed E-state index contributed by atoms with van der Waals surface area (Å²) in [5.41, 5.74) is 0.955. The molecule has 0 N–H and O–H groups in total. The van der Waals surface area contributed by atoms with Gasteiger partial charge in [-0.25, -0.2) is 0 Å². The van der Waals surface area contributed by atoms with Crippen molar-refractivity contribution in [2.24, 2.45) is 0 Å². The number of aromatic nitrogens is 2. The first-order chi connectivity index (χ1) is 8.09. The van der Waals surface area contributed by atoms with E-state index in [9.17, 15) is 0 Å². The topological polar surface area (TPSA) is 29.0 Å². The minimum absolute atomic E-state index is 0.0851. The lowest BCUT2D eigenvalue weighted by atomic mass is 10.1. The number of aryl methyl sites for hydroxylation is 1. The van der Waals surface area contributed by atoms with Crippen LogP contribution in [0.5, 0.6) is 0 Å². The van der Waals surface area contributed by atoms with E-state index in [1.807, 2.05) is 37.9 Å². The molecule has 0 aliphatic rings. The van der Waals surface area contributed by atoms with E-state index >= 15 is 0 Å². The van der Waals surface area contributed by atoms with Gasteiger partial charge in [-0.2, -0.15) is 5.10 Å². The molecule has 1 aromatic carbocycles. The molecule has 0 fully saturated rings. The Balaban J connectivity index is 2.51. The van der Waals surface area contributed by atoms with Crippen molar-refractivity contribution < 1.29 is 0 Å². The summed E-state index contributed by atoms with van der Waals surface area (Å²) >= 11 is 6.02. The Morgan fingerprint density at radius 1 is 1.24 bits per heavy atom. The number of halogens is 1. The summed E-state index contributed by atoms with van der Waals surface area (Å²) < 4.78 is 0. The lowest BCUT2D eigenvalue weighted by molar-refractivity contribution is 0.830. The standard InChI is InChI=1S/C13H16ClN3/c1-9(14)8-17(3)13-12-7-5-4-6-11(12)10(2)15-16-13/h4-7,9H,8H2,1-3H3. The molecule has 1 heterocycles. The van der Waals surface area contributed by atoms with Gasteiger partial charge in [0.15, 0.2) is 5.82 Å². The Bertz CT molecular complexity index is 525. The molecular formula is C13H16ClN3. The average molecular weight is 250 g/mol. The minimum atomic E-state index is 0.0851. The fourth-order valence-electron chi connectivity index (χ4n) is 1.97. The fraction of sp³-hybridized carbons (Fsp3) is 0.385. The van der Waals surface area contributed by atoms with Crippen molar-refractivity contribution in [3.05, 3.63) is 30.0 Å². The van der Waals surface area contributed by atoms with Gasteiger partial charge in [-0.3, -0.25) is 0 Å². The fourth-order valence-corrected chi connectivity index (χ4v) is 2.18. The van der Waals surface area contributed by atoms with Gasteiger partial charge in [0.25, 0.3) is 0 Å². The average Bonchev–Trinajstić information content (AvgIpc) is 2.29. The summed E-state index contributed by atoms with van der Waals surface area (Å²) in [6.45, 7) is 4.70. The van der Waals surface area contributed by atoms with Gasteiger partial charge in [0.1, 0.15) is 0 Å². The van der Waals surface area contributed by atoms with Crippen molar-refractivity contribution in [3.8, 4) is 0 Å². The van der Waals surface area contributed by atoms with Crippen LogP contribution in [0.3, 0.4) is 0 Å². The van der Waals surface area contributed by atoms with E-state index in [0.29, 0.717) is 0 Å². The van der Waals surface area contributed by atoms with Crippen molar-refractivity contribution >= 4 is 28.2 Å². The van der Waals surface area contributed by atoms with Gasteiger partial charge >= 0.3 is 0 Å². The SMILES string of the molecule is Cc1nnc(N(C)CC(C)Cl)c2ccccc12. The first-order valence-corrected chi connectivity index (χ1v) is 6.10. The number of nitrogens with zero attached hydrogens (tertiary/aromatic N) is 3. The largest absolute Gasteiger partial charge is 0.356 e. The second-order valence-electron chi connectivity index (χ2n) is 4.32. The number of rotatable bonds is 3. The summed E-state index contributed by atoms with van der Waals surface area (Å²) in [6, 6.07) is 8.18. The molecule has 0 aliphatic heterocycles. The van der Waals surface area contributed by atoms with E-state index in [4.69, 9.17) is 11.6 Å². The Morgan fingerprint density at radius 2 is 1.88 bits per heavy atom. The third-order valence-corrected chi connectivity index (χ3v) is 2.88. The van der Waals surface area contributed by atoms with Crippen LogP contribution in [0, 0.1) is 6.92 Å². The summed E-state index contributed by atoms with van der Waals surface area (Å²) in [5, 5.41) is 10.8. The van der Waals surface area contributed by atoms with Crippen LogP contribution < -0.4 is 4.90 Å². The normalized spacial score (nSPS) is 12.7. The second kappa shape index (κ2) is 4.88. The highest BCUT2D eigenvalue weighted by atomic mass is 35.5. The lowest BCUT2D eigenvalue weighted by Gasteiger charge is -2.20. The second-order valence-corrected chi connectivity index (χ2v) is 5.06. The molecule has 1 aromatic heterocycles. The Morgan fingerprint density at radius 3 is 2.53 bits per heavy atom. The van der Waals surface area contributed by atoms with Gasteiger partial charge in [0, 0.05) is 29.7 Å². The quantitative estimate of drug-likeness (QED) is 0.783. The molecule has 0 aliphatic carbocycles. The number of alkyl halides is 1. The first-order valence-electron chi connectivity index (χ1n) is 5.67. The molecule has 17 heavy (non-hydrogen) atoms. The van der Waals surface area contributed by atoms with Crippen LogP contribution in [0.15, 0.2) is 24.3 Å². The van der Waals surface area contributed by atoms with Crippen molar-refractivity contribution in [2.75, 3.05) is 18.5 Å². The van der Waals surface area contributed by atoms with E-state index in [2.05, 4.69) is 22.3 Å². The highest BCUT2D eigenvalue weighted by Crippen LogP contribution is 2.24. The number of anilines is 1. The minimum Gasteiger partial charge on any atom is -0.356 e. The molecule has 0 spiro atoms. The Kier molecular flexibility index (Phi) is 3.48. The van der Waals surface area contributed by atoms with Gasteiger partial charge in [0.2, 0.25) is 0 Å². The van der Waals surface area contributed by atoms with E-state index < -0.39 is 0 Å². The maximum Gasteiger partial charge on any atom is 0.158 e. The molecule has 0 bridgehead atoms. The van der Waals surface area contributed by atoms with Crippen LogP contribution in [0.4, 0.5) is 5.82 Å². The lowest BCUT2D eigenvalue weighted by Crippen LogP contribution is -2.25. The van der Waals surface area contributed by atoms with Gasteiger partial charge in [-0.1, -0.05) is 24.3 Å². The summed E-state index contributed by atoms with van der Waals surface area (Å²) in [6.07, 6.45) is 0. The van der Waals surface area contributed by atoms with Crippen LogP contribution in [0.1, 0.15) is 12.6 Å². The maximum atomic E-state index is 6.02. The van der Waals surface area contributed by atoms with Crippen LogP contribution in [0.2, 0.25) is 0 Å². The van der Waals surface area contributed by atoms with Gasteiger partial charge in [-0.05, 0) is 13.8 Å². The molecule has 0 radical (unpaired) electrons. The van der Waals surface area contributed by atoms with Crippen molar-refractivity contribution in [3.63, 3.8) is 0 Å². The molecular weight excluding hydrogens is 234 g/mol. The summed E-state index contributed by atoms with van der Waals surface area (Å²) in [7, 11) is 1.99. The Hall–Kier alpha value is -1.35. The molecule has 0 saturated carbocycles. The molecule has 2 rings (SSSR count). The van der Waals surface area contributed by atoms with Crippen LogP contribution >= 0.6 is 11.6 Å². The molecule has 0 saturated heterocycles. The van der Waals surface area contributed by atoms with Crippen molar-refractivity contribution in [2.45, 2.75) is 19.2 Å².